The summed E-state index contributed by atoms with van der Waals surface area (Å²) in [6.07, 6.45) is -0.717. The predicted octanol–water partition coefficient (Wildman–Crippen LogP) is 5.82. The van der Waals surface area contributed by atoms with Crippen molar-refractivity contribution in [2.75, 3.05) is 5.32 Å². The first-order valence-electron chi connectivity index (χ1n) is 10.8. The highest BCUT2D eigenvalue weighted by Crippen LogP contribution is 2.27. The number of rotatable bonds is 7. The average molecular weight is 509 g/mol. The number of benzene rings is 2. The average Bonchev–Trinajstić information content (AvgIpc) is 2.83. The highest BCUT2D eigenvalue weighted by atomic mass is 19.4. The molecule has 0 aliphatic rings. The van der Waals surface area contributed by atoms with E-state index < -0.39 is 23.4 Å². The lowest BCUT2D eigenvalue weighted by molar-refractivity contribution is -0.274. The van der Waals surface area contributed by atoms with Crippen LogP contribution in [0.2, 0.25) is 0 Å². The minimum absolute atomic E-state index is 0.0292. The van der Waals surface area contributed by atoms with Gasteiger partial charge < -0.3 is 15.5 Å². The first-order valence-corrected chi connectivity index (χ1v) is 10.8. The van der Waals surface area contributed by atoms with Crippen molar-refractivity contribution >= 4 is 17.1 Å². The second-order valence-electron chi connectivity index (χ2n) is 7.80. The molecule has 0 saturated heterocycles. The van der Waals surface area contributed by atoms with Gasteiger partial charge in [0, 0.05) is 41.5 Å². The summed E-state index contributed by atoms with van der Waals surface area (Å²) in [5, 5.41) is 14.9. The summed E-state index contributed by atoms with van der Waals surface area (Å²) in [5.74, 6) is -1.10. The largest absolute Gasteiger partial charge is 0.573 e. The second-order valence-corrected chi connectivity index (χ2v) is 7.80. The summed E-state index contributed by atoms with van der Waals surface area (Å²) in [6, 6.07) is 15.8. The number of aromatic nitrogens is 3. The lowest BCUT2D eigenvalue weighted by Crippen LogP contribution is -2.19. The Balaban J connectivity index is 1.71. The Morgan fingerprint density at radius 2 is 1.89 bits per heavy atom. The number of hydrogen-bond acceptors (Lipinski definition) is 6. The molecule has 0 spiro atoms. The van der Waals surface area contributed by atoms with Crippen molar-refractivity contribution in [2.24, 2.45) is 0 Å². The minimum Gasteiger partial charge on any atom is -0.406 e. The molecule has 2 aromatic heterocycles. The van der Waals surface area contributed by atoms with Gasteiger partial charge in [-0.15, -0.1) is 13.2 Å². The summed E-state index contributed by atoms with van der Waals surface area (Å²) in [4.78, 5) is 16.9. The van der Waals surface area contributed by atoms with E-state index in [1.807, 2.05) is 0 Å². The number of anilines is 1. The van der Waals surface area contributed by atoms with Crippen LogP contribution in [0.25, 0.3) is 22.6 Å². The number of pyridine rings is 1. The van der Waals surface area contributed by atoms with Crippen molar-refractivity contribution in [1.29, 1.82) is 5.41 Å². The smallest absolute Gasteiger partial charge is 0.406 e. The zero-order valence-corrected chi connectivity index (χ0v) is 19.3. The molecule has 2 aromatic carbocycles. The number of allylic oxidation sites excluding steroid dienone is 1. The van der Waals surface area contributed by atoms with Crippen molar-refractivity contribution in [2.45, 2.75) is 13.3 Å². The molecular formula is C26H19F4N5O2. The van der Waals surface area contributed by atoms with Crippen molar-refractivity contribution in [3.63, 3.8) is 0 Å². The molecule has 0 fully saturated rings. The van der Waals surface area contributed by atoms with E-state index in [2.05, 4.69) is 20.1 Å². The standard InChI is InChI=1S/C26H19F4N5O2/c1-16(31)13-22(33-18-5-4-6-19(15-18)37-26(28,29)30)25-24(36)10-12-35(34-25)23-9-8-17(14-20(23)27)21-7-2-3-11-32-21/h2-15,31,33H,1H3/b22-13-,31-16?. The van der Waals surface area contributed by atoms with E-state index in [1.54, 1.807) is 30.5 Å². The molecule has 0 atom stereocenters. The van der Waals surface area contributed by atoms with Crippen LogP contribution in [0, 0.1) is 11.2 Å². The number of alkyl halides is 3. The van der Waals surface area contributed by atoms with Crippen LogP contribution in [0.15, 0.2) is 90.0 Å². The molecule has 0 aliphatic carbocycles. The molecule has 0 amide bonds. The van der Waals surface area contributed by atoms with Gasteiger partial charge in [-0.2, -0.15) is 5.10 Å². The maximum atomic E-state index is 15.1. The van der Waals surface area contributed by atoms with E-state index in [4.69, 9.17) is 5.41 Å². The predicted molar refractivity (Wildman–Crippen MR) is 131 cm³/mol. The topological polar surface area (TPSA) is 92.9 Å². The Bertz CT molecular complexity index is 1530. The zero-order chi connectivity index (χ0) is 26.6. The van der Waals surface area contributed by atoms with E-state index in [-0.39, 0.29) is 28.5 Å². The first kappa shape index (κ1) is 25.3. The third-order valence-electron chi connectivity index (χ3n) is 4.93. The third-order valence-corrected chi connectivity index (χ3v) is 4.93. The van der Waals surface area contributed by atoms with Crippen molar-refractivity contribution in [3.8, 4) is 22.7 Å². The van der Waals surface area contributed by atoms with E-state index in [1.165, 1.54) is 49.5 Å². The number of nitrogens with one attached hydrogen (secondary N) is 2. The van der Waals surface area contributed by atoms with Gasteiger partial charge in [0.15, 0.2) is 5.69 Å². The summed E-state index contributed by atoms with van der Waals surface area (Å²) >= 11 is 0. The molecule has 11 heteroatoms. The highest BCUT2D eigenvalue weighted by Gasteiger charge is 2.31. The van der Waals surface area contributed by atoms with E-state index in [0.29, 0.717) is 11.3 Å². The molecule has 4 aromatic rings. The summed E-state index contributed by atoms with van der Waals surface area (Å²) in [6.45, 7) is 1.45. The van der Waals surface area contributed by atoms with Gasteiger partial charge in [-0.3, -0.25) is 9.78 Å². The molecule has 188 valence electrons. The summed E-state index contributed by atoms with van der Waals surface area (Å²) < 4.78 is 58.0. The van der Waals surface area contributed by atoms with Crippen LogP contribution in [0.4, 0.5) is 23.2 Å². The van der Waals surface area contributed by atoms with E-state index >= 15 is 4.39 Å². The highest BCUT2D eigenvalue weighted by molar-refractivity contribution is 5.98. The number of nitrogens with zero attached hydrogens (tertiary/aromatic N) is 3. The Kier molecular flexibility index (Phi) is 7.14. The van der Waals surface area contributed by atoms with Crippen LogP contribution in [0.3, 0.4) is 0 Å². The zero-order valence-electron chi connectivity index (χ0n) is 19.3. The monoisotopic (exact) mass is 509 g/mol. The molecule has 0 bridgehead atoms. The van der Waals surface area contributed by atoms with Crippen molar-refractivity contribution in [1.82, 2.24) is 14.8 Å². The van der Waals surface area contributed by atoms with Gasteiger partial charge in [-0.1, -0.05) is 18.2 Å². The SMILES string of the molecule is CC(=N)/C=C(\Nc1cccc(OC(F)(F)F)c1)c1nn(-c2ccc(-c3ccccn3)cc2F)ccc1=O. The van der Waals surface area contributed by atoms with Crippen molar-refractivity contribution < 1.29 is 22.3 Å². The van der Waals surface area contributed by atoms with Crippen LogP contribution < -0.4 is 15.5 Å². The molecule has 2 N–H and O–H groups in total. The molecule has 2 heterocycles. The fraction of sp³-hybridized carbons (Fsp3) is 0.0769. The summed E-state index contributed by atoms with van der Waals surface area (Å²) in [5.41, 5.74) is 0.659. The maximum absolute atomic E-state index is 15.1. The van der Waals surface area contributed by atoms with Gasteiger partial charge in [0.2, 0.25) is 5.43 Å². The van der Waals surface area contributed by atoms with Gasteiger partial charge in [0.05, 0.1) is 11.4 Å². The lowest BCUT2D eigenvalue weighted by Gasteiger charge is -2.14. The maximum Gasteiger partial charge on any atom is 0.573 e. The molecule has 0 aliphatic heterocycles. The number of ether oxygens (including phenoxy) is 1. The minimum atomic E-state index is -4.88. The Hall–Kier alpha value is -4.80. The van der Waals surface area contributed by atoms with E-state index in [9.17, 15) is 18.0 Å². The third kappa shape index (κ3) is 6.45. The van der Waals surface area contributed by atoms with E-state index in [0.717, 1.165) is 16.8 Å². The Labute approximate surface area is 208 Å². The fourth-order valence-electron chi connectivity index (χ4n) is 3.42. The summed E-state index contributed by atoms with van der Waals surface area (Å²) in [7, 11) is 0. The van der Waals surface area contributed by atoms with Gasteiger partial charge in [-0.05, 0) is 49.4 Å². The number of halogens is 4. The first-order chi connectivity index (χ1) is 17.6. The molecular weight excluding hydrogens is 490 g/mol. The molecule has 4 rings (SSSR count). The van der Waals surface area contributed by atoms with Crippen LogP contribution >= 0.6 is 0 Å². The van der Waals surface area contributed by atoms with Gasteiger partial charge in [-0.25, -0.2) is 9.07 Å². The van der Waals surface area contributed by atoms with Crippen LogP contribution in [0.5, 0.6) is 5.75 Å². The van der Waals surface area contributed by atoms with Gasteiger partial charge in [0.1, 0.15) is 17.3 Å². The lowest BCUT2D eigenvalue weighted by atomic mass is 10.1. The van der Waals surface area contributed by atoms with Gasteiger partial charge >= 0.3 is 6.36 Å². The molecule has 7 nitrogen and oxygen atoms in total. The van der Waals surface area contributed by atoms with Crippen LogP contribution in [-0.2, 0) is 0 Å². The van der Waals surface area contributed by atoms with Crippen molar-refractivity contribution in [3.05, 3.63) is 107 Å². The fourth-order valence-corrected chi connectivity index (χ4v) is 3.42. The quantitative estimate of drug-likeness (QED) is 0.242. The van der Waals surface area contributed by atoms with Crippen LogP contribution in [-0.4, -0.2) is 26.8 Å². The van der Waals surface area contributed by atoms with Gasteiger partial charge in [0.25, 0.3) is 0 Å². The molecule has 37 heavy (non-hydrogen) atoms. The number of hydrogen-bond donors (Lipinski definition) is 2. The Morgan fingerprint density at radius 1 is 1.08 bits per heavy atom. The normalized spacial score (nSPS) is 11.8. The molecule has 0 unspecified atom stereocenters. The van der Waals surface area contributed by atoms with Crippen LogP contribution in [0.1, 0.15) is 12.6 Å². The molecule has 0 saturated carbocycles. The Morgan fingerprint density at radius 3 is 2.57 bits per heavy atom. The molecule has 0 radical (unpaired) electrons. The second kappa shape index (κ2) is 10.4.